The zero-order valence-electron chi connectivity index (χ0n) is 10.8. The maximum atomic E-state index is 5.77. The molecule has 0 bridgehead atoms. The molecule has 1 saturated heterocycles. The molecule has 0 aromatic carbocycles. The Morgan fingerprint density at radius 2 is 1.94 bits per heavy atom. The van der Waals surface area contributed by atoms with Crippen molar-refractivity contribution in [1.29, 1.82) is 0 Å². The van der Waals surface area contributed by atoms with Crippen LogP contribution in [-0.2, 0) is 0 Å². The highest BCUT2D eigenvalue weighted by Gasteiger charge is 2.28. The van der Waals surface area contributed by atoms with Gasteiger partial charge in [-0.05, 0) is 38.5 Å². The third kappa shape index (κ3) is 2.47. The summed E-state index contributed by atoms with van der Waals surface area (Å²) in [4.78, 5) is 15.0. The summed E-state index contributed by atoms with van der Waals surface area (Å²) in [5.41, 5.74) is 5.77. The quantitative estimate of drug-likeness (QED) is 0.835. The van der Waals surface area contributed by atoms with Crippen LogP contribution in [0.5, 0.6) is 0 Å². The monoisotopic (exact) mass is 248 g/mol. The van der Waals surface area contributed by atoms with Gasteiger partial charge in [-0.1, -0.05) is 0 Å². The Balaban J connectivity index is 1.76. The summed E-state index contributed by atoms with van der Waals surface area (Å²) in [6, 6.07) is 0.415. The molecule has 3 rings (SSSR count). The largest absolute Gasteiger partial charge is 0.368 e. The SMILES string of the molecule is CC(Nc1nc(N)nc(N2CCCC2)n1)C1CC1. The average Bonchev–Trinajstić information content (AvgIpc) is 3.04. The van der Waals surface area contributed by atoms with Crippen LogP contribution in [0.25, 0.3) is 0 Å². The summed E-state index contributed by atoms with van der Waals surface area (Å²) in [5.74, 6) is 2.39. The zero-order valence-corrected chi connectivity index (χ0v) is 10.8. The van der Waals surface area contributed by atoms with E-state index in [1.54, 1.807) is 0 Å². The topological polar surface area (TPSA) is 80.0 Å². The minimum absolute atomic E-state index is 0.303. The molecule has 6 heteroatoms. The first-order valence-corrected chi connectivity index (χ1v) is 6.75. The molecule has 1 aromatic heterocycles. The van der Waals surface area contributed by atoms with Crippen molar-refractivity contribution >= 4 is 17.8 Å². The lowest BCUT2D eigenvalue weighted by Crippen LogP contribution is -2.24. The van der Waals surface area contributed by atoms with Gasteiger partial charge in [-0.15, -0.1) is 0 Å². The number of nitrogens with one attached hydrogen (secondary N) is 1. The molecule has 1 aliphatic carbocycles. The van der Waals surface area contributed by atoms with Crippen LogP contribution in [0, 0.1) is 5.92 Å². The van der Waals surface area contributed by atoms with Crippen LogP contribution >= 0.6 is 0 Å². The van der Waals surface area contributed by atoms with E-state index >= 15 is 0 Å². The predicted octanol–water partition coefficient (Wildman–Crippen LogP) is 1.26. The van der Waals surface area contributed by atoms with Crippen LogP contribution in [-0.4, -0.2) is 34.1 Å². The van der Waals surface area contributed by atoms with Gasteiger partial charge in [0.15, 0.2) is 0 Å². The fraction of sp³-hybridized carbons (Fsp3) is 0.750. The van der Waals surface area contributed by atoms with Gasteiger partial charge in [0.05, 0.1) is 0 Å². The molecule has 0 radical (unpaired) electrons. The van der Waals surface area contributed by atoms with Crippen LogP contribution < -0.4 is 16.0 Å². The second-order valence-corrected chi connectivity index (χ2v) is 5.28. The molecule has 1 atom stereocenters. The van der Waals surface area contributed by atoms with Crippen molar-refractivity contribution in [3.63, 3.8) is 0 Å². The molecule has 2 aliphatic rings. The van der Waals surface area contributed by atoms with E-state index in [2.05, 4.69) is 32.1 Å². The van der Waals surface area contributed by atoms with E-state index in [0.29, 0.717) is 23.9 Å². The Labute approximate surface area is 107 Å². The molecule has 0 spiro atoms. The molecule has 98 valence electrons. The van der Waals surface area contributed by atoms with E-state index in [1.807, 2.05) is 0 Å². The maximum absolute atomic E-state index is 5.77. The lowest BCUT2D eigenvalue weighted by atomic mass is 10.2. The van der Waals surface area contributed by atoms with Crippen molar-refractivity contribution in [2.75, 3.05) is 29.0 Å². The first-order valence-electron chi connectivity index (χ1n) is 6.75. The molecule has 1 aliphatic heterocycles. The normalized spacial score (nSPS) is 21.1. The summed E-state index contributed by atoms with van der Waals surface area (Å²) in [5, 5.41) is 3.34. The third-order valence-electron chi connectivity index (χ3n) is 3.72. The standard InChI is InChI=1S/C12H20N6/c1-8(9-4-5-9)14-11-15-10(13)16-12(17-11)18-6-2-3-7-18/h8-9H,2-7H2,1H3,(H3,13,14,15,16,17). The fourth-order valence-electron chi connectivity index (χ4n) is 2.42. The van der Waals surface area contributed by atoms with Gasteiger partial charge in [-0.3, -0.25) is 0 Å². The highest BCUT2D eigenvalue weighted by atomic mass is 15.3. The van der Waals surface area contributed by atoms with Crippen LogP contribution in [0.2, 0.25) is 0 Å². The number of nitrogens with zero attached hydrogens (tertiary/aromatic N) is 4. The van der Waals surface area contributed by atoms with Gasteiger partial charge in [0.2, 0.25) is 17.8 Å². The van der Waals surface area contributed by atoms with Gasteiger partial charge < -0.3 is 16.0 Å². The van der Waals surface area contributed by atoms with Gasteiger partial charge in [0, 0.05) is 19.1 Å². The molecular weight excluding hydrogens is 228 g/mol. The van der Waals surface area contributed by atoms with Crippen molar-refractivity contribution in [2.24, 2.45) is 5.92 Å². The summed E-state index contributed by atoms with van der Waals surface area (Å²) < 4.78 is 0. The molecule has 2 fully saturated rings. The van der Waals surface area contributed by atoms with Gasteiger partial charge in [0.25, 0.3) is 0 Å². The minimum atomic E-state index is 0.303. The molecule has 0 amide bonds. The highest BCUT2D eigenvalue weighted by Crippen LogP contribution is 2.33. The number of aromatic nitrogens is 3. The van der Waals surface area contributed by atoms with E-state index in [1.165, 1.54) is 25.7 Å². The van der Waals surface area contributed by atoms with E-state index in [9.17, 15) is 0 Å². The van der Waals surface area contributed by atoms with E-state index in [-0.39, 0.29) is 0 Å². The van der Waals surface area contributed by atoms with Crippen molar-refractivity contribution in [3.8, 4) is 0 Å². The number of hydrogen-bond acceptors (Lipinski definition) is 6. The van der Waals surface area contributed by atoms with Crippen molar-refractivity contribution in [3.05, 3.63) is 0 Å². The highest BCUT2D eigenvalue weighted by molar-refractivity contribution is 5.43. The number of nitrogen functional groups attached to an aromatic ring is 1. The molecule has 1 saturated carbocycles. The van der Waals surface area contributed by atoms with Crippen LogP contribution in [0.1, 0.15) is 32.6 Å². The Bertz CT molecular complexity index is 425. The van der Waals surface area contributed by atoms with Gasteiger partial charge in [-0.25, -0.2) is 0 Å². The van der Waals surface area contributed by atoms with Crippen molar-refractivity contribution in [1.82, 2.24) is 15.0 Å². The van der Waals surface area contributed by atoms with E-state index < -0.39 is 0 Å². The second kappa shape index (κ2) is 4.59. The van der Waals surface area contributed by atoms with Gasteiger partial charge in [-0.2, -0.15) is 15.0 Å². The van der Waals surface area contributed by atoms with Gasteiger partial charge in [0.1, 0.15) is 0 Å². The summed E-state index contributed by atoms with van der Waals surface area (Å²) >= 11 is 0. The van der Waals surface area contributed by atoms with E-state index in [0.717, 1.165) is 19.0 Å². The Hall–Kier alpha value is -1.59. The molecule has 18 heavy (non-hydrogen) atoms. The fourth-order valence-corrected chi connectivity index (χ4v) is 2.42. The lowest BCUT2D eigenvalue weighted by molar-refractivity contribution is 0.684. The van der Waals surface area contributed by atoms with Crippen molar-refractivity contribution < 1.29 is 0 Å². The first kappa shape index (κ1) is 11.5. The molecule has 1 aromatic rings. The smallest absolute Gasteiger partial charge is 0.231 e. The van der Waals surface area contributed by atoms with Crippen LogP contribution in [0.4, 0.5) is 17.8 Å². The summed E-state index contributed by atoms with van der Waals surface area (Å²) in [7, 11) is 0. The lowest BCUT2D eigenvalue weighted by Gasteiger charge is -2.17. The third-order valence-corrected chi connectivity index (χ3v) is 3.72. The number of hydrogen-bond donors (Lipinski definition) is 2. The predicted molar refractivity (Wildman–Crippen MR) is 71.5 cm³/mol. The summed E-state index contributed by atoms with van der Waals surface area (Å²) in [6.45, 7) is 4.20. The minimum Gasteiger partial charge on any atom is -0.368 e. The summed E-state index contributed by atoms with van der Waals surface area (Å²) in [6.07, 6.45) is 5.00. The van der Waals surface area contributed by atoms with Crippen molar-refractivity contribution in [2.45, 2.75) is 38.6 Å². The zero-order chi connectivity index (χ0) is 12.5. The number of rotatable bonds is 4. The Morgan fingerprint density at radius 3 is 2.61 bits per heavy atom. The van der Waals surface area contributed by atoms with Gasteiger partial charge >= 0.3 is 0 Å². The Morgan fingerprint density at radius 1 is 1.22 bits per heavy atom. The molecule has 2 heterocycles. The molecule has 3 N–H and O–H groups in total. The average molecular weight is 248 g/mol. The van der Waals surface area contributed by atoms with Crippen LogP contribution in [0.3, 0.4) is 0 Å². The van der Waals surface area contributed by atoms with Crippen LogP contribution in [0.15, 0.2) is 0 Å². The first-order chi connectivity index (χ1) is 8.72. The molecule has 6 nitrogen and oxygen atoms in total. The Kier molecular flexibility index (Phi) is 2.93. The molecular formula is C12H20N6. The second-order valence-electron chi connectivity index (χ2n) is 5.28. The maximum Gasteiger partial charge on any atom is 0.231 e. The molecule has 1 unspecified atom stereocenters. The number of nitrogens with two attached hydrogens (primary N) is 1. The number of anilines is 3. The van der Waals surface area contributed by atoms with E-state index in [4.69, 9.17) is 5.73 Å².